The molecule has 0 radical (unpaired) electrons. The van der Waals surface area contributed by atoms with Gasteiger partial charge in [0.15, 0.2) is 0 Å². The van der Waals surface area contributed by atoms with E-state index in [0.29, 0.717) is 22.9 Å². The molecule has 0 atom stereocenters. The van der Waals surface area contributed by atoms with E-state index < -0.39 is 15.8 Å². The van der Waals surface area contributed by atoms with Gasteiger partial charge in [-0.05, 0) is 54.6 Å². The van der Waals surface area contributed by atoms with E-state index in [4.69, 9.17) is 21.5 Å². The number of sulfonamides is 1. The lowest BCUT2D eigenvalue weighted by Crippen LogP contribution is -2.12. The quantitative estimate of drug-likeness (QED) is 0.475. The molecule has 3 aromatic rings. The molecule has 3 aromatic carbocycles. The Morgan fingerprint density at radius 1 is 1.03 bits per heavy atom. The van der Waals surface area contributed by atoms with Gasteiger partial charge in [-0.1, -0.05) is 33.6 Å². The summed E-state index contributed by atoms with van der Waals surface area (Å²) in [6.07, 6.45) is 0. The first-order chi connectivity index (χ1) is 13.7. The SMILES string of the molecule is NS(=O)(=O)c1ccc(NCc2cc(Br)ccc2OCc2ccc(F)cc2Cl)cc1. The van der Waals surface area contributed by atoms with E-state index in [1.54, 1.807) is 18.2 Å². The Bertz CT molecular complexity index is 1130. The third kappa shape index (κ3) is 5.93. The Balaban J connectivity index is 1.71. The number of hydrogen-bond acceptors (Lipinski definition) is 4. The highest BCUT2D eigenvalue weighted by Gasteiger charge is 2.09. The maximum atomic E-state index is 13.2. The number of anilines is 1. The van der Waals surface area contributed by atoms with Crippen molar-refractivity contribution >= 4 is 43.2 Å². The second-order valence-electron chi connectivity index (χ2n) is 6.20. The van der Waals surface area contributed by atoms with Crippen molar-refractivity contribution in [1.29, 1.82) is 0 Å². The third-order valence-electron chi connectivity index (χ3n) is 4.09. The van der Waals surface area contributed by atoms with Gasteiger partial charge in [0.05, 0.1) is 9.92 Å². The summed E-state index contributed by atoms with van der Waals surface area (Å²) in [5, 5.41) is 8.62. The zero-order valence-corrected chi connectivity index (χ0v) is 18.2. The zero-order valence-electron chi connectivity index (χ0n) is 15.0. The molecule has 0 heterocycles. The Morgan fingerprint density at radius 3 is 2.41 bits per heavy atom. The van der Waals surface area contributed by atoms with Crippen molar-refractivity contribution in [1.82, 2.24) is 0 Å². The second kappa shape index (κ2) is 9.13. The van der Waals surface area contributed by atoms with Crippen LogP contribution >= 0.6 is 27.5 Å². The van der Waals surface area contributed by atoms with Gasteiger partial charge in [0.1, 0.15) is 18.2 Å². The molecule has 0 spiro atoms. The molecular formula is C20H17BrClFN2O3S. The largest absolute Gasteiger partial charge is 0.488 e. The molecule has 0 unspecified atom stereocenters. The minimum atomic E-state index is -3.73. The molecule has 3 rings (SSSR count). The standard InChI is InChI=1S/C20H17BrClFN2O3S/c21-15-2-8-20(28-12-13-1-3-16(23)10-19(13)22)14(9-15)11-25-17-4-6-18(7-5-17)29(24,26)27/h1-10,25H,11-12H2,(H2,24,26,27). The van der Waals surface area contributed by atoms with Crippen LogP contribution in [0, 0.1) is 5.82 Å². The first-order valence-corrected chi connectivity index (χ1v) is 11.2. The first-order valence-electron chi connectivity index (χ1n) is 8.44. The van der Waals surface area contributed by atoms with Crippen LogP contribution in [0.5, 0.6) is 5.75 Å². The predicted molar refractivity (Wildman–Crippen MR) is 115 cm³/mol. The Hall–Kier alpha value is -2.13. The van der Waals surface area contributed by atoms with E-state index in [1.165, 1.54) is 24.3 Å². The summed E-state index contributed by atoms with van der Waals surface area (Å²) < 4.78 is 42.6. The van der Waals surface area contributed by atoms with Crippen molar-refractivity contribution in [2.45, 2.75) is 18.0 Å². The Kier molecular flexibility index (Phi) is 6.79. The van der Waals surface area contributed by atoms with Crippen molar-refractivity contribution in [2.24, 2.45) is 5.14 Å². The minimum Gasteiger partial charge on any atom is -0.488 e. The molecule has 5 nitrogen and oxygen atoms in total. The molecule has 0 aliphatic carbocycles. The fraction of sp³-hybridized carbons (Fsp3) is 0.100. The number of nitrogens with two attached hydrogens (primary N) is 1. The van der Waals surface area contributed by atoms with Crippen LogP contribution < -0.4 is 15.2 Å². The van der Waals surface area contributed by atoms with Gasteiger partial charge >= 0.3 is 0 Å². The topological polar surface area (TPSA) is 81.4 Å². The molecule has 0 aliphatic heterocycles. The first kappa shape index (κ1) is 21.6. The van der Waals surface area contributed by atoms with Crippen LogP contribution in [0.1, 0.15) is 11.1 Å². The van der Waals surface area contributed by atoms with Crippen molar-refractivity contribution in [3.63, 3.8) is 0 Å². The van der Waals surface area contributed by atoms with E-state index in [1.807, 2.05) is 18.2 Å². The van der Waals surface area contributed by atoms with Crippen LogP contribution in [0.4, 0.5) is 10.1 Å². The lowest BCUT2D eigenvalue weighted by Gasteiger charge is -2.14. The lowest BCUT2D eigenvalue weighted by molar-refractivity contribution is 0.303. The highest BCUT2D eigenvalue weighted by atomic mass is 79.9. The summed E-state index contributed by atoms with van der Waals surface area (Å²) in [6.45, 7) is 0.622. The van der Waals surface area contributed by atoms with Crippen LogP contribution in [-0.4, -0.2) is 8.42 Å². The van der Waals surface area contributed by atoms with Gasteiger partial charge < -0.3 is 10.1 Å². The molecule has 0 aliphatic rings. The average molecular weight is 500 g/mol. The summed E-state index contributed by atoms with van der Waals surface area (Å²) in [5.74, 6) is 0.239. The number of halogens is 3. The van der Waals surface area contributed by atoms with Crippen LogP contribution in [0.15, 0.2) is 70.0 Å². The fourth-order valence-electron chi connectivity index (χ4n) is 2.58. The summed E-state index contributed by atoms with van der Waals surface area (Å²) in [6, 6.07) is 15.9. The average Bonchev–Trinajstić information content (AvgIpc) is 2.66. The number of rotatable bonds is 7. The van der Waals surface area contributed by atoms with Gasteiger partial charge in [-0.2, -0.15) is 0 Å². The van der Waals surface area contributed by atoms with Gasteiger partial charge in [-0.3, -0.25) is 0 Å². The molecule has 9 heteroatoms. The van der Waals surface area contributed by atoms with Crippen LogP contribution in [0.2, 0.25) is 5.02 Å². The maximum absolute atomic E-state index is 13.2. The molecule has 0 saturated heterocycles. The normalized spacial score (nSPS) is 11.3. The molecule has 0 aromatic heterocycles. The van der Waals surface area contributed by atoms with Crippen molar-refractivity contribution < 1.29 is 17.5 Å². The maximum Gasteiger partial charge on any atom is 0.238 e. The highest BCUT2D eigenvalue weighted by Crippen LogP contribution is 2.27. The van der Waals surface area contributed by atoms with Crippen molar-refractivity contribution in [3.05, 3.63) is 87.1 Å². The molecule has 0 saturated carbocycles. The molecule has 0 fully saturated rings. The van der Waals surface area contributed by atoms with Gasteiger partial charge in [-0.25, -0.2) is 17.9 Å². The van der Waals surface area contributed by atoms with Crippen LogP contribution in [0.3, 0.4) is 0 Å². The van der Waals surface area contributed by atoms with Gasteiger partial charge in [0, 0.05) is 27.8 Å². The number of primary sulfonamides is 1. The third-order valence-corrected chi connectivity index (χ3v) is 5.86. The van der Waals surface area contributed by atoms with E-state index >= 15 is 0 Å². The summed E-state index contributed by atoms with van der Waals surface area (Å²) in [7, 11) is -3.73. The lowest BCUT2D eigenvalue weighted by atomic mass is 10.2. The molecule has 3 N–H and O–H groups in total. The van der Waals surface area contributed by atoms with Crippen molar-refractivity contribution in [2.75, 3.05) is 5.32 Å². The molecule has 152 valence electrons. The van der Waals surface area contributed by atoms with Gasteiger partial charge in [0.25, 0.3) is 0 Å². The Morgan fingerprint density at radius 2 is 1.76 bits per heavy atom. The summed E-state index contributed by atoms with van der Waals surface area (Å²) in [5.41, 5.74) is 2.27. The monoisotopic (exact) mass is 498 g/mol. The van der Waals surface area contributed by atoms with Crippen molar-refractivity contribution in [3.8, 4) is 5.75 Å². The smallest absolute Gasteiger partial charge is 0.238 e. The summed E-state index contributed by atoms with van der Waals surface area (Å²) >= 11 is 9.50. The molecule has 0 amide bonds. The van der Waals surface area contributed by atoms with E-state index in [9.17, 15) is 12.8 Å². The molecule has 29 heavy (non-hydrogen) atoms. The minimum absolute atomic E-state index is 0.0469. The Labute approximate surface area is 181 Å². The van der Waals surface area contributed by atoms with E-state index in [-0.39, 0.29) is 11.5 Å². The highest BCUT2D eigenvalue weighted by molar-refractivity contribution is 9.10. The number of benzene rings is 3. The van der Waals surface area contributed by atoms with Crippen LogP contribution in [-0.2, 0) is 23.2 Å². The fourth-order valence-corrected chi connectivity index (χ4v) is 3.73. The van der Waals surface area contributed by atoms with Crippen LogP contribution in [0.25, 0.3) is 0 Å². The molecular weight excluding hydrogens is 483 g/mol. The predicted octanol–water partition coefficient (Wildman–Crippen LogP) is 5.08. The number of ether oxygens (including phenoxy) is 1. The number of hydrogen-bond donors (Lipinski definition) is 2. The van der Waals surface area contributed by atoms with E-state index in [2.05, 4.69) is 21.2 Å². The summed E-state index contributed by atoms with van der Waals surface area (Å²) in [4.78, 5) is 0.0469. The van der Waals surface area contributed by atoms with Gasteiger partial charge in [0.2, 0.25) is 10.0 Å². The number of nitrogens with one attached hydrogen (secondary N) is 1. The second-order valence-corrected chi connectivity index (χ2v) is 9.08. The van der Waals surface area contributed by atoms with Gasteiger partial charge in [-0.15, -0.1) is 0 Å². The van der Waals surface area contributed by atoms with E-state index in [0.717, 1.165) is 15.7 Å². The molecule has 0 bridgehead atoms. The zero-order chi connectivity index (χ0) is 21.0.